The van der Waals surface area contributed by atoms with Crippen LogP contribution in [0.3, 0.4) is 0 Å². The zero-order valence-electron chi connectivity index (χ0n) is 39.4. The van der Waals surface area contributed by atoms with Crippen LogP contribution in [0, 0.1) is 0 Å². The summed E-state index contributed by atoms with van der Waals surface area (Å²) in [6.45, 7) is 18.5. The molecule has 4 aromatic rings. The van der Waals surface area contributed by atoms with Crippen molar-refractivity contribution < 1.29 is 77.2 Å². The van der Waals surface area contributed by atoms with Crippen molar-refractivity contribution in [2.75, 3.05) is 92.5 Å². The minimum absolute atomic E-state index is 0. The van der Waals surface area contributed by atoms with Gasteiger partial charge in [0, 0.05) is 19.6 Å². The molecule has 21 heteroatoms. The van der Waals surface area contributed by atoms with Crippen molar-refractivity contribution in [3.63, 3.8) is 0 Å². The number of para-hydroxylation sites is 4. The standard InChI is InChI=1S/C24H32O8.C23H35N2O3P.F5P.FH/c1-2-6-22-21(5-1)29-17-13-25-9-10-27-15-19-31-23-7-3-4-8-24(23)32-20-16-28-12-11-26-14-18-30-22;1-6-27-29(26,28-7-2)25-18-21-10-8-19(9-11-21)16-24-17-20-12-14-22(15-13-20)23(3,4)5;1-6(2,3,4)5;/h1-8H,9-20H2;8-15,24H,6-7,16-18H2,1-5H3,(H,25,26);;1H. The Kier molecular flexibility index (Phi) is 28.3. The average Bonchev–Trinajstić information content (AvgIpc) is 3.27. The Hall–Kier alpha value is -4.00. The fraction of sp³-hybridized carbons (Fsp3) is 0.489. The van der Waals surface area contributed by atoms with E-state index < -0.39 is 15.9 Å². The molecule has 0 saturated heterocycles. The number of halogens is 6. The summed E-state index contributed by atoms with van der Waals surface area (Å²) in [7, 11) is -11.8. The Morgan fingerprint density at radius 1 is 0.500 bits per heavy atom. The van der Waals surface area contributed by atoms with E-state index in [1.54, 1.807) is 13.8 Å². The van der Waals surface area contributed by atoms with Crippen LogP contribution < -0.4 is 29.4 Å². The summed E-state index contributed by atoms with van der Waals surface area (Å²) in [6.07, 6.45) is 0. The molecule has 4 aromatic carbocycles. The predicted molar refractivity (Wildman–Crippen MR) is 253 cm³/mol. The van der Waals surface area contributed by atoms with Crippen LogP contribution in [0.15, 0.2) is 97.1 Å². The Bertz CT molecular complexity index is 1840. The molecule has 1 heterocycles. The molecule has 68 heavy (non-hydrogen) atoms. The van der Waals surface area contributed by atoms with Crippen LogP contribution in [-0.4, -0.2) is 92.5 Å². The Labute approximate surface area is 397 Å². The summed E-state index contributed by atoms with van der Waals surface area (Å²) in [6, 6.07) is 32.1. The van der Waals surface area contributed by atoms with Crippen LogP contribution in [0.4, 0.5) is 25.7 Å². The van der Waals surface area contributed by atoms with Gasteiger partial charge in [-0.25, -0.2) is 9.65 Å². The summed E-state index contributed by atoms with van der Waals surface area (Å²) in [5.74, 6) is 2.73. The van der Waals surface area contributed by atoms with E-state index in [1.807, 2.05) is 60.7 Å². The first kappa shape index (κ1) is 60.1. The number of nitrogens with one attached hydrogen (secondary N) is 2. The third-order valence-electron chi connectivity index (χ3n) is 8.96. The van der Waals surface area contributed by atoms with Crippen molar-refractivity contribution in [2.45, 2.75) is 59.7 Å². The van der Waals surface area contributed by atoms with E-state index in [4.69, 9.17) is 46.9 Å². The largest absolute Gasteiger partial charge is 0.487 e. The molecule has 1 aliphatic heterocycles. The average molecular weight is 1010 g/mol. The van der Waals surface area contributed by atoms with Gasteiger partial charge in [0.1, 0.15) is 26.4 Å². The van der Waals surface area contributed by atoms with Crippen molar-refractivity contribution in [2.24, 2.45) is 0 Å². The molecular weight excluding hydrogens is 944 g/mol. The van der Waals surface area contributed by atoms with Crippen LogP contribution in [0.2, 0.25) is 0 Å². The Morgan fingerprint density at radius 3 is 1.07 bits per heavy atom. The molecule has 5 rings (SSSR count). The van der Waals surface area contributed by atoms with Gasteiger partial charge in [-0.15, -0.1) is 0 Å². The zero-order valence-corrected chi connectivity index (χ0v) is 41.2. The smallest absolute Gasteiger partial charge is 0.161 e. The molecule has 0 unspecified atom stereocenters. The van der Waals surface area contributed by atoms with Gasteiger partial charge in [0.2, 0.25) is 0 Å². The first-order valence-electron chi connectivity index (χ1n) is 22.1. The maximum Gasteiger partial charge on any atom is 0.161 e. The molecule has 384 valence electrons. The van der Waals surface area contributed by atoms with Gasteiger partial charge in [-0.1, -0.05) is 93.6 Å². The van der Waals surface area contributed by atoms with Crippen molar-refractivity contribution in [1.29, 1.82) is 0 Å². The number of ether oxygens (including phenoxy) is 8. The second kappa shape index (κ2) is 32.0. The van der Waals surface area contributed by atoms with Crippen LogP contribution in [-0.2, 0) is 57.6 Å². The number of fused-ring (bicyclic) bond motifs is 2. The molecule has 0 amide bonds. The first-order chi connectivity index (χ1) is 31.9. The number of hydrogen-bond acceptors (Lipinski definition) is 12. The van der Waals surface area contributed by atoms with Crippen molar-refractivity contribution in [1.82, 2.24) is 10.4 Å². The number of rotatable bonds is 11. The van der Waals surface area contributed by atoms with Gasteiger partial charge >= 0.3 is 36.9 Å². The van der Waals surface area contributed by atoms with Crippen LogP contribution in [0.5, 0.6) is 23.0 Å². The summed E-state index contributed by atoms with van der Waals surface area (Å²) < 4.78 is 117. The van der Waals surface area contributed by atoms with E-state index in [-0.39, 0.29) is 10.1 Å². The first-order valence-corrected chi connectivity index (χ1v) is 25.3. The SMILES string of the molecule is CCOP(=O)(NCc1ccc(CNCc2ccc(C(C)(C)C)cc2)cc1)OCC.F.FP(F)(F)(F)F.c1ccc2c(c1)OCCOCCOCCOc1ccccc1OCCOCCOCCO2. The molecule has 13 nitrogen and oxygen atoms in total. The Balaban J connectivity index is 0.000000413. The summed E-state index contributed by atoms with van der Waals surface area (Å²) >= 11 is 0. The zero-order chi connectivity index (χ0) is 48.9. The summed E-state index contributed by atoms with van der Waals surface area (Å²) in [5.41, 5.74) is 5.05. The third-order valence-corrected chi connectivity index (χ3v) is 10.7. The maximum absolute atomic E-state index is 12.4. The molecule has 0 atom stereocenters. The normalized spacial score (nSPS) is 15.5. The van der Waals surface area contributed by atoms with E-state index in [1.165, 1.54) is 16.7 Å². The van der Waals surface area contributed by atoms with E-state index in [0.717, 1.165) is 18.7 Å². The minimum atomic E-state index is -8.55. The molecule has 0 aromatic heterocycles. The van der Waals surface area contributed by atoms with E-state index in [9.17, 15) is 25.5 Å². The van der Waals surface area contributed by atoms with Gasteiger partial charge in [0.15, 0.2) is 23.0 Å². The van der Waals surface area contributed by atoms with Gasteiger partial charge < -0.3 is 43.2 Å². The van der Waals surface area contributed by atoms with Gasteiger partial charge in [-0.3, -0.25) is 13.8 Å². The van der Waals surface area contributed by atoms with Gasteiger partial charge in [0.05, 0.1) is 66.1 Å². The maximum atomic E-state index is 12.4. The molecule has 2 N–H and O–H groups in total. The van der Waals surface area contributed by atoms with Crippen LogP contribution >= 0.6 is 15.9 Å². The molecule has 0 fully saturated rings. The topological polar surface area (TPSA) is 133 Å². The molecule has 1 aliphatic rings. The van der Waals surface area contributed by atoms with Crippen LogP contribution in [0.25, 0.3) is 0 Å². The van der Waals surface area contributed by atoms with Gasteiger partial charge in [-0.05, 0) is 65.8 Å². The van der Waals surface area contributed by atoms with E-state index in [2.05, 4.69) is 67.6 Å². The van der Waals surface area contributed by atoms with Gasteiger partial charge in [-0.2, -0.15) is 0 Å². The monoisotopic (exact) mass is 1010 g/mol. The van der Waals surface area contributed by atoms with E-state index in [0.29, 0.717) is 122 Å². The fourth-order valence-electron chi connectivity index (χ4n) is 5.77. The van der Waals surface area contributed by atoms with Crippen molar-refractivity contribution in [3.8, 4) is 23.0 Å². The fourth-order valence-corrected chi connectivity index (χ4v) is 7.08. The second-order valence-electron chi connectivity index (χ2n) is 15.4. The molecule has 0 saturated carbocycles. The summed E-state index contributed by atoms with van der Waals surface area (Å²) in [4.78, 5) is 0. The third kappa shape index (κ3) is 28.5. The summed E-state index contributed by atoms with van der Waals surface area (Å²) in [5, 5.41) is 6.39. The number of hydrogen-bond donors (Lipinski definition) is 2. The van der Waals surface area contributed by atoms with Crippen LogP contribution in [0.1, 0.15) is 56.9 Å². The number of benzene rings is 4. The molecular formula is C47H68F6N2O11P2. The van der Waals surface area contributed by atoms with Gasteiger partial charge in [0.25, 0.3) is 0 Å². The van der Waals surface area contributed by atoms with Crippen molar-refractivity contribution in [3.05, 3.63) is 119 Å². The van der Waals surface area contributed by atoms with Crippen molar-refractivity contribution >= 4 is 15.9 Å². The molecule has 0 radical (unpaired) electrons. The Morgan fingerprint density at radius 2 is 0.779 bits per heavy atom. The molecule has 0 bridgehead atoms. The van der Waals surface area contributed by atoms with E-state index >= 15 is 0 Å². The molecule has 0 aliphatic carbocycles. The predicted octanol–water partition coefficient (Wildman–Crippen LogP) is 11.6. The molecule has 0 spiro atoms. The second-order valence-corrected chi connectivity index (χ2v) is 18.5. The quantitative estimate of drug-likeness (QED) is 0.109. The minimum Gasteiger partial charge on any atom is -0.487 e.